The largest absolute Gasteiger partial charge is 0.507 e. The molecule has 0 saturated heterocycles. The van der Waals surface area contributed by atoms with Crippen molar-refractivity contribution in [3.05, 3.63) is 45.9 Å². The van der Waals surface area contributed by atoms with E-state index < -0.39 is 11.4 Å². The van der Waals surface area contributed by atoms with E-state index >= 15 is 0 Å². The molecule has 3 rings (SSSR count). The maximum Gasteiger partial charge on any atom is 0.232 e. The lowest BCUT2D eigenvalue weighted by Gasteiger charge is -2.33. The molecule has 1 aliphatic rings. The Bertz CT molecular complexity index is 767. The van der Waals surface area contributed by atoms with E-state index in [0.717, 1.165) is 0 Å². The van der Waals surface area contributed by atoms with E-state index in [-0.39, 0.29) is 17.1 Å². The molecular formula is C16H16O5. The Kier molecular flexibility index (Phi) is 2.68. The third kappa shape index (κ3) is 1.58. The molecule has 0 fully saturated rings. The van der Waals surface area contributed by atoms with Crippen molar-refractivity contribution in [3.63, 3.8) is 0 Å². The number of carbonyl (C=O) groups is 1. The van der Waals surface area contributed by atoms with E-state index in [9.17, 15) is 15.0 Å². The molecular weight excluding hydrogens is 272 g/mol. The van der Waals surface area contributed by atoms with Crippen LogP contribution in [0, 0.1) is 13.8 Å². The number of aryl methyl sites for hydroxylation is 1. The lowest BCUT2D eigenvalue weighted by molar-refractivity contribution is 0.0816. The van der Waals surface area contributed by atoms with E-state index in [0.29, 0.717) is 28.0 Å². The number of aromatic hydroxyl groups is 1. The van der Waals surface area contributed by atoms with Crippen molar-refractivity contribution in [2.24, 2.45) is 0 Å². The van der Waals surface area contributed by atoms with Gasteiger partial charge in [-0.2, -0.15) is 0 Å². The molecule has 1 aromatic heterocycles. The van der Waals surface area contributed by atoms with Gasteiger partial charge >= 0.3 is 0 Å². The molecule has 110 valence electrons. The molecule has 0 radical (unpaired) electrons. The minimum absolute atomic E-state index is 0.0696. The van der Waals surface area contributed by atoms with Gasteiger partial charge in [0.25, 0.3) is 0 Å². The van der Waals surface area contributed by atoms with Crippen molar-refractivity contribution >= 4 is 5.78 Å². The van der Waals surface area contributed by atoms with Gasteiger partial charge in [0.15, 0.2) is 5.76 Å². The van der Waals surface area contributed by atoms with Gasteiger partial charge in [0, 0.05) is 17.2 Å². The minimum Gasteiger partial charge on any atom is -0.507 e. The van der Waals surface area contributed by atoms with Crippen LogP contribution in [0.2, 0.25) is 0 Å². The summed E-state index contributed by atoms with van der Waals surface area (Å²) >= 11 is 0. The molecule has 1 aromatic carbocycles. The highest BCUT2D eigenvalue weighted by molar-refractivity contribution is 6.13. The summed E-state index contributed by atoms with van der Waals surface area (Å²) < 4.78 is 10.5. The molecule has 0 spiro atoms. The molecule has 1 atom stereocenters. The number of furan rings is 1. The van der Waals surface area contributed by atoms with Crippen molar-refractivity contribution < 1.29 is 24.2 Å². The van der Waals surface area contributed by atoms with Crippen LogP contribution in [-0.4, -0.2) is 23.1 Å². The molecule has 1 aliphatic carbocycles. The average Bonchev–Trinajstić information content (AvgIpc) is 2.81. The second-order valence-corrected chi connectivity index (χ2v) is 5.50. The quantitative estimate of drug-likeness (QED) is 0.842. The average molecular weight is 288 g/mol. The van der Waals surface area contributed by atoms with Crippen molar-refractivity contribution in [2.45, 2.75) is 26.4 Å². The number of ketones is 1. The summed E-state index contributed by atoms with van der Waals surface area (Å²) in [5.41, 5.74) is 0.744. The third-order valence-corrected chi connectivity index (χ3v) is 4.12. The lowest BCUT2D eigenvalue weighted by Crippen LogP contribution is -2.33. The molecule has 0 bridgehead atoms. The Morgan fingerprint density at radius 2 is 1.95 bits per heavy atom. The molecule has 5 heteroatoms. The van der Waals surface area contributed by atoms with Crippen LogP contribution in [0.25, 0.3) is 0 Å². The zero-order valence-corrected chi connectivity index (χ0v) is 12.3. The van der Waals surface area contributed by atoms with E-state index in [1.54, 1.807) is 20.8 Å². The van der Waals surface area contributed by atoms with Crippen molar-refractivity contribution in [1.82, 2.24) is 0 Å². The molecule has 0 saturated carbocycles. The third-order valence-electron chi connectivity index (χ3n) is 4.12. The molecule has 1 heterocycles. The summed E-state index contributed by atoms with van der Waals surface area (Å²) in [6, 6.07) is 1.38. The molecule has 0 unspecified atom stereocenters. The normalized spacial score (nSPS) is 20.1. The Morgan fingerprint density at radius 3 is 2.57 bits per heavy atom. The number of phenols is 1. The second kappa shape index (κ2) is 4.11. The van der Waals surface area contributed by atoms with Crippen molar-refractivity contribution in [2.75, 3.05) is 7.11 Å². The van der Waals surface area contributed by atoms with Gasteiger partial charge in [-0.1, -0.05) is 0 Å². The van der Waals surface area contributed by atoms with Gasteiger partial charge in [-0.25, -0.2) is 0 Å². The maximum atomic E-state index is 12.6. The van der Waals surface area contributed by atoms with Crippen molar-refractivity contribution in [3.8, 4) is 11.5 Å². The smallest absolute Gasteiger partial charge is 0.232 e. The summed E-state index contributed by atoms with van der Waals surface area (Å²) in [5.74, 6) is -0.158. The molecule has 2 aromatic rings. The van der Waals surface area contributed by atoms with Crippen LogP contribution in [0.4, 0.5) is 0 Å². The van der Waals surface area contributed by atoms with Crippen LogP contribution in [0.3, 0.4) is 0 Å². The number of aliphatic hydroxyl groups is 1. The predicted octanol–water partition coefficient (Wildman–Crippen LogP) is 2.41. The zero-order valence-electron chi connectivity index (χ0n) is 12.3. The van der Waals surface area contributed by atoms with E-state index in [2.05, 4.69) is 0 Å². The molecule has 0 amide bonds. The second-order valence-electron chi connectivity index (χ2n) is 5.50. The number of fused-ring (bicyclic) bond motifs is 2. The summed E-state index contributed by atoms with van der Waals surface area (Å²) in [6.45, 7) is 5.11. The monoisotopic (exact) mass is 288 g/mol. The number of ether oxygens (including phenoxy) is 1. The summed E-state index contributed by atoms with van der Waals surface area (Å²) in [4.78, 5) is 12.6. The predicted molar refractivity (Wildman–Crippen MR) is 74.9 cm³/mol. The number of methoxy groups -OCH3 is 1. The summed E-state index contributed by atoms with van der Waals surface area (Å²) in [6.07, 6.45) is 1.44. The molecule has 2 N–H and O–H groups in total. The van der Waals surface area contributed by atoms with Crippen LogP contribution in [0.15, 0.2) is 16.7 Å². The number of benzene rings is 1. The fourth-order valence-corrected chi connectivity index (χ4v) is 3.25. The van der Waals surface area contributed by atoms with Crippen LogP contribution in [-0.2, 0) is 5.60 Å². The maximum absolute atomic E-state index is 12.6. The van der Waals surface area contributed by atoms with Gasteiger partial charge in [0.2, 0.25) is 5.78 Å². The Hall–Kier alpha value is -2.27. The molecule has 21 heavy (non-hydrogen) atoms. The van der Waals surface area contributed by atoms with Gasteiger partial charge < -0.3 is 19.4 Å². The molecule has 5 nitrogen and oxygen atoms in total. The van der Waals surface area contributed by atoms with E-state index in [1.807, 2.05) is 0 Å². The Morgan fingerprint density at radius 1 is 1.29 bits per heavy atom. The number of hydrogen-bond acceptors (Lipinski definition) is 5. The van der Waals surface area contributed by atoms with Crippen LogP contribution in [0.1, 0.15) is 45.3 Å². The topological polar surface area (TPSA) is 79.9 Å². The first kappa shape index (κ1) is 13.7. The van der Waals surface area contributed by atoms with Crippen LogP contribution in [0.5, 0.6) is 11.5 Å². The SMILES string of the molecule is COc1cc(O)c2c(c1C)[C@](C)(O)c1c(C)coc1C2=O. The first-order valence-electron chi connectivity index (χ1n) is 6.57. The zero-order chi connectivity index (χ0) is 15.5. The number of rotatable bonds is 1. The fraction of sp³-hybridized carbons (Fsp3) is 0.312. The van der Waals surface area contributed by atoms with Gasteiger partial charge in [-0.05, 0) is 31.9 Å². The highest BCUT2D eigenvalue weighted by atomic mass is 16.5. The molecule has 0 aliphatic heterocycles. The summed E-state index contributed by atoms with van der Waals surface area (Å²) in [5, 5.41) is 21.2. The van der Waals surface area contributed by atoms with Gasteiger partial charge in [-0.15, -0.1) is 0 Å². The van der Waals surface area contributed by atoms with Crippen LogP contribution < -0.4 is 4.74 Å². The van der Waals surface area contributed by atoms with Gasteiger partial charge in [-0.3, -0.25) is 4.79 Å². The lowest BCUT2D eigenvalue weighted by atomic mass is 9.74. The highest BCUT2D eigenvalue weighted by Crippen LogP contribution is 2.48. The first-order valence-corrected chi connectivity index (χ1v) is 6.57. The Balaban J connectivity index is 2.45. The Labute approximate surface area is 121 Å². The van der Waals surface area contributed by atoms with Crippen LogP contribution >= 0.6 is 0 Å². The fourth-order valence-electron chi connectivity index (χ4n) is 3.25. The van der Waals surface area contributed by atoms with E-state index in [4.69, 9.17) is 9.15 Å². The summed E-state index contributed by atoms with van der Waals surface area (Å²) in [7, 11) is 1.47. The number of carbonyl (C=O) groups excluding carboxylic acids is 1. The minimum atomic E-state index is -1.44. The number of hydrogen-bond donors (Lipinski definition) is 2. The standard InChI is InChI=1S/C16H16O5/c1-7-6-21-15-12(7)16(3,19)13-8(2)10(20-4)5-9(17)11(13)14(15)18/h5-6,17,19H,1-4H3/t16-/m1/s1. The van der Waals surface area contributed by atoms with Gasteiger partial charge in [0.1, 0.15) is 17.1 Å². The van der Waals surface area contributed by atoms with Gasteiger partial charge in [0.05, 0.1) is 18.9 Å². The van der Waals surface area contributed by atoms with E-state index in [1.165, 1.54) is 19.4 Å². The van der Waals surface area contributed by atoms with Crippen molar-refractivity contribution in [1.29, 1.82) is 0 Å². The number of phenolic OH excluding ortho intramolecular Hbond substituents is 1. The highest BCUT2D eigenvalue weighted by Gasteiger charge is 2.45. The first-order chi connectivity index (χ1) is 9.80.